The molecule has 2 N–H and O–H groups in total. The first-order valence-corrected chi connectivity index (χ1v) is 4.46. The zero-order chi connectivity index (χ0) is 12.2. The lowest BCUT2D eigenvalue weighted by Crippen LogP contribution is -2.29. The van der Waals surface area contributed by atoms with Gasteiger partial charge in [0.1, 0.15) is 0 Å². The summed E-state index contributed by atoms with van der Waals surface area (Å²) in [5, 5.41) is 0. The molecule has 0 fully saturated rings. The Morgan fingerprint density at radius 1 is 1.31 bits per heavy atom. The number of nitrogens with two attached hydrogens (primary N) is 1. The van der Waals surface area contributed by atoms with Crippen LogP contribution >= 0.6 is 0 Å². The van der Waals surface area contributed by atoms with Gasteiger partial charge in [0.15, 0.2) is 0 Å². The minimum Gasteiger partial charge on any atom is -0.447 e. The van der Waals surface area contributed by atoms with Crippen molar-refractivity contribution in [1.82, 2.24) is 0 Å². The number of carbonyl (C=O) groups excluding carboxylic acids is 1. The Balaban J connectivity index is 2.93. The van der Waals surface area contributed by atoms with Gasteiger partial charge in [-0.15, -0.1) is 0 Å². The molecule has 0 saturated heterocycles. The third-order valence-electron chi connectivity index (χ3n) is 1.82. The van der Waals surface area contributed by atoms with E-state index in [1.807, 2.05) is 0 Å². The summed E-state index contributed by atoms with van der Waals surface area (Å²) in [5.74, 6) is -1.09. The average Bonchev–Trinajstić information content (AvgIpc) is 2.25. The molecule has 0 aromatic heterocycles. The first-order chi connectivity index (χ1) is 7.45. The highest BCUT2D eigenvalue weighted by Gasteiger charge is 2.43. The number of rotatable bonds is 3. The molecule has 0 aliphatic heterocycles. The van der Waals surface area contributed by atoms with E-state index in [0.717, 1.165) is 0 Å². The third kappa shape index (κ3) is 3.23. The number of alkyl halides is 3. The highest BCUT2D eigenvalue weighted by atomic mass is 19.4. The molecule has 0 heterocycles. The molecule has 6 heteroatoms. The molecule has 1 unspecified atom stereocenters. The van der Waals surface area contributed by atoms with E-state index in [4.69, 9.17) is 5.73 Å². The van der Waals surface area contributed by atoms with E-state index in [9.17, 15) is 18.0 Å². The van der Waals surface area contributed by atoms with Gasteiger partial charge < -0.3 is 10.5 Å². The topological polar surface area (TPSA) is 52.3 Å². The monoisotopic (exact) mass is 233 g/mol. The van der Waals surface area contributed by atoms with E-state index in [-0.39, 0.29) is 5.56 Å². The predicted molar refractivity (Wildman–Crippen MR) is 50.4 cm³/mol. The fourth-order valence-electron chi connectivity index (χ4n) is 1.13. The summed E-state index contributed by atoms with van der Waals surface area (Å²) >= 11 is 0. The van der Waals surface area contributed by atoms with Gasteiger partial charge in [0.25, 0.3) is 0 Å². The first-order valence-electron chi connectivity index (χ1n) is 4.46. The lowest BCUT2D eigenvalue weighted by atomic mass is 10.1. The Hall–Kier alpha value is -1.56. The van der Waals surface area contributed by atoms with Crippen molar-refractivity contribution < 1.29 is 22.7 Å². The maximum atomic E-state index is 12.6. The van der Waals surface area contributed by atoms with E-state index < -0.39 is 24.8 Å². The van der Waals surface area contributed by atoms with Crippen LogP contribution in [0.15, 0.2) is 30.3 Å². The van der Waals surface area contributed by atoms with Crippen LogP contribution in [0.1, 0.15) is 11.7 Å². The fourth-order valence-corrected chi connectivity index (χ4v) is 1.13. The summed E-state index contributed by atoms with van der Waals surface area (Å²) in [6, 6.07) is 6.92. The van der Waals surface area contributed by atoms with Gasteiger partial charge in [0.2, 0.25) is 6.10 Å². The normalized spacial score (nSPS) is 13.2. The molecule has 1 atom stereocenters. The van der Waals surface area contributed by atoms with Crippen LogP contribution in [-0.2, 0) is 9.53 Å². The summed E-state index contributed by atoms with van der Waals surface area (Å²) < 4.78 is 42.0. The second-order valence-electron chi connectivity index (χ2n) is 3.03. The maximum Gasteiger partial charge on any atom is 0.429 e. The largest absolute Gasteiger partial charge is 0.447 e. The van der Waals surface area contributed by atoms with Crippen molar-refractivity contribution in [2.45, 2.75) is 12.3 Å². The second-order valence-corrected chi connectivity index (χ2v) is 3.03. The van der Waals surface area contributed by atoms with Crippen molar-refractivity contribution in [3.05, 3.63) is 35.9 Å². The van der Waals surface area contributed by atoms with Gasteiger partial charge in [0, 0.05) is 5.56 Å². The second kappa shape index (κ2) is 4.98. The first kappa shape index (κ1) is 12.5. The van der Waals surface area contributed by atoms with Crippen LogP contribution in [0, 0.1) is 0 Å². The molecule has 1 aromatic rings. The quantitative estimate of drug-likeness (QED) is 0.810. The highest BCUT2D eigenvalue weighted by molar-refractivity contribution is 5.71. The number of halogens is 3. The minimum atomic E-state index is -4.65. The zero-order valence-electron chi connectivity index (χ0n) is 8.20. The lowest BCUT2D eigenvalue weighted by molar-refractivity contribution is -0.223. The van der Waals surface area contributed by atoms with Crippen LogP contribution in [0.5, 0.6) is 0 Å². The van der Waals surface area contributed by atoms with Crippen LogP contribution in [0.2, 0.25) is 0 Å². The van der Waals surface area contributed by atoms with Crippen LogP contribution in [0.3, 0.4) is 0 Å². The molecule has 3 nitrogen and oxygen atoms in total. The van der Waals surface area contributed by atoms with Crippen molar-refractivity contribution in [2.75, 3.05) is 6.54 Å². The van der Waals surface area contributed by atoms with Crippen LogP contribution in [0.25, 0.3) is 0 Å². The van der Waals surface area contributed by atoms with Gasteiger partial charge in [-0.1, -0.05) is 30.3 Å². The standard InChI is InChI=1S/C10H10F3NO2/c11-10(12,13)9(16-8(15)6-14)7-4-2-1-3-5-7/h1-5,9H,6,14H2. The zero-order valence-corrected chi connectivity index (χ0v) is 8.20. The molecule has 0 aliphatic rings. The Morgan fingerprint density at radius 2 is 1.88 bits per heavy atom. The molecular formula is C10H10F3NO2. The minimum absolute atomic E-state index is 0.128. The average molecular weight is 233 g/mol. The summed E-state index contributed by atoms with van der Waals surface area (Å²) in [6.45, 7) is -0.584. The van der Waals surface area contributed by atoms with Gasteiger partial charge in [-0.25, -0.2) is 0 Å². The summed E-state index contributed by atoms with van der Waals surface area (Å²) in [7, 11) is 0. The van der Waals surface area contributed by atoms with Gasteiger partial charge in [-0.2, -0.15) is 13.2 Å². The Bertz CT molecular complexity index is 351. The van der Waals surface area contributed by atoms with Crippen LogP contribution in [-0.4, -0.2) is 18.7 Å². The number of carbonyl (C=O) groups is 1. The summed E-state index contributed by atoms with van der Waals surface area (Å²) in [5.41, 5.74) is 4.77. The fraction of sp³-hybridized carbons (Fsp3) is 0.300. The molecule has 0 aliphatic carbocycles. The molecule has 0 radical (unpaired) electrons. The van der Waals surface area contributed by atoms with Crippen LogP contribution in [0.4, 0.5) is 13.2 Å². The maximum absolute atomic E-state index is 12.6. The lowest BCUT2D eigenvalue weighted by Gasteiger charge is -2.20. The van der Waals surface area contributed by atoms with Crippen molar-refractivity contribution in [3.63, 3.8) is 0 Å². The van der Waals surface area contributed by atoms with Gasteiger partial charge in [-0.05, 0) is 0 Å². The van der Waals surface area contributed by atoms with Crippen molar-refractivity contribution in [3.8, 4) is 0 Å². The number of hydrogen-bond acceptors (Lipinski definition) is 3. The van der Waals surface area contributed by atoms with Gasteiger partial charge >= 0.3 is 12.1 Å². The molecule has 16 heavy (non-hydrogen) atoms. The highest BCUT2D eigenvalue weighted by Crippen LogP contribution is 2.35. The van der Waals surface area contributed by atoms with E-state index in [0.29, 0.717) is 0 Å². The molecule has 0 amide bonds. The van der Waals surface area contributed by atoms with Gasteiger partial charge in [0.05, 0.1) is 6.54 Å². The Labute approximate surface area is 90.0 Å². The predicted octanol–water partition coefficient (Wildman–Crippen LogP) is 1.79. The molecular weight excluding hydrogens is 223 g/mol. The van der Waals surface area contributed by atoms with E-state index in [1.165, 1.54) is 24.3 Å². The molecule has 0 spiro atoms. The Morgan fingerprint density at radius 3 is 2.31 bits per heavy atom. The molecule has 0 bridgehead atoms. The molecule has 1 rings (SSSR count). The van der Waals surface area contributed by atoms with E-state index in [2.05, 4.69) is 4.74 Å². The SMILES string of the molecule is NCC(=O)OC(c1ccccc1)C(F)(F)F. The number of ether oxygens (including phenoxy) is 1. The van der Waals surface area contributed by atoms with Crippen molar-refractivity contribution in [1.29, 1.82) is 0 Å². The van der Waals surface area contributed by atoms with Gasteiger partial charge in [-0.3, -0.25) is 4.79 Å². The van der Waals surface area contributed by atoms with E-state index in [1.54, 1.807) is 6.07 Å². The summed E-state index contributed by atoms with van der Waals surface area (Å²) in [4.78, 5) is 10.8. The van der Waals surface area contributed by atoms with Crippen molar-refractivity contribution in [2.24, 2.45) is 5.73 Å². The van der Waals surface area contributed by atoms with Crippen LogP contribution < -0.4 is 5.73 Å². The molecule has 88 valence electrons. The Kier molecular flexibility index (Phi) is 3.89. The number of hydrogen-bond donors (Lipinski definition) is 1. The summed E-state index contributed by atoms with van der Waals surface area (Å²) in [6.07, 6.45) is -6.91. The molecule has 1 aromatic carbocycles. The third-order valence-corrected chi connectivity index (χ3v) is 1.82. The smallest absolute Gasteiger partial charge is 0.429 e. The van der Waals surface area contributed by atoms with Crippen molar-refractivity contribution >= 4 is 5.97 Å². The van der Waals surface area contributed by atoms with E-state index >= 15 is 0 Å². The number of benzene rings is 1. The molecule has 0 saturated carbocycles. The number of esters is 1.